The van der Waals surface area contributed by atoms with Crippen LogP contribution in [0.4, 0.5) is 10.5 Å². The highest BCUT2D eigenvalue weighted by atomic mass is 16.6. The zero-order chi connectivity index (χ0) is 15.1. The number of nitrogens with one attached hydrogen (secondary N) is 2. The Kier molecular flexibility index (Phi) is 5.45. The summed E-state index contributed by atoms with van der Waals surface area (Å²) < 4.78 is 0. The predicted octanol–water partition coefficient (Wildman–Crippen LogP) is 1.26. The Morgan fingerprint density at radius 3 is 2.40 bits per heavy atom. The van der Waals surface area contributed by atoms with Crippen molar-refractivity contribution in [1.82, 2.24) is 10.6 Å². The molecule has 1 aromatic rings. The van der Waals surface area contributed by atoms with E-state index >= 15 is 0 Å². The van der Waals surface area contributed by atoms with Gasteiger partial charge in [-0.15, -0.1) is 0 Å². The van der Waals surface area contributed by atoms with E-state index in [1.165, 1.54) is 24.3 Å². The first-order valence-corrected chi connectivity index (χ1v) is 5.94. The molecule has 8 heteroatoms. The van der Waals surface area contributed by atoms with E-state index in [4.69, 9.17) is 5.11 Å². The lowest BCUT2D eigenvalue weighted by atomic mass is 10.2. The van der Waals surface area contributed by atoms with Crippen LogP contribution in [0, 0.1) is 10.1 Å². The van der Waals surface area contributed by atoms with Gasteiger partial charge in [-0.2, -0.15) is 0 Å². The highest BCUT2D eigenvalue weighted by Gasteiger charge is 2.17. The zero-order valence-electron chi connectivity index (χ0n) is 10.8. The zero-order valence-corrected chi connectivity index (χ0v) is 10.8. The first-order valence-electron chi connectivity index (χ1n) is 5.94. The van der Waals surface area contributed by atoms with Crippen molar-refractivity contribution in [2.45, 2.75) is 25.9 Å². The maximum absolute atomic E-state index is 11.5. The molecule has 0 aliphatic heterocycles. The van der Waals surface area contributed by atoms with E-state index in [0.717, 1.165) is 0 Å². The number of carbonyl (C=O) groups excluding carboxylic acids is 1. The lowest BCUT2D eigenvalue weighted by Gasteiger charge is -2.13. The number of carboxylic acid groups (broad SMARTS) is 1. The number of carboxylic acids is 1. The molecule has 1 aromatic carbocycles. The van der Waals surface area contributed by atoms with E-state index in [0.29, 0.717) is 5.56 Å². The van der Waals surface area contributed by atoms with Gasteiger partial charge in [0, 0.05) is 18.7 Å². The molecular weight excluding hydrogens is 266 g/mol. The van der Waals surface area contributed by atoms with Gasteiger partial charge in [-0.3, -0.25) is 10.1 Å². The maximum Gasteiger partial charge on any atom is 0.326 e. The number of aliphatic carboxylic acids is 1. The van der Waals surface area contributed by atoms with Gasteiger partial charge < -0.3 is 15.7 Å². The summed E-state index contributed by atoms with van der Waals surface area (Å²) >= 11 is 0. The summed E-state index contributed by atoms with van der Waals surface area (Å²) in [6.07, 6.45) is 0.278. The number of nitro groups is 1. The van der Waals surface area contributed by atoms with Gasteiger partial charge in [0.2, 0.25) is 0 Å². The van der Waals surface area contributed by atoms with Crippen LogP contribution in [-0.2, 0) is 11.3 Å². The molecule has 0 saturated heterocycles. The molecule has 0 aliphatic carbocycles. The van der Waals surface area contributed by atoms with Crippen LogP contribution >= 0.6 is 0 Å². The van der Waals surface area contributed by atoms with Crippen LogP contribution in [-0.4, -0.2) is 28.1 Å². The third-order valence-corrected chi connectivity index (χ3v) is 2.61. The highest BCUT2D eigenvalue weighted by molar-refractivity contribution is 5.82. The number of amides is 2. The molecule has 0 unspecified atom stereocenters. The molecule has 3 N–H and O–H groups in total. The second-order valence-corrected chi connectivity index (χ2v) is 4.05. The van der Waals surface area contributed by atoms with Crippen molar-refractivity contribution >= 4 is 17.7 Å². The predicted molar refractivity (Wildman–Crippen MR) is 70.2 cm³/mol. The number of hydrogen-bond donors (Lipinski definition) is 3. The van der Waals surface area contributed by atoms with E-state index in [1.54, 1.807) is 6.92 Å². The molecule has 8 nitrogen and oxygen atoms in total. The van der Waals surface area contributed by atoms with Crippen LogP contribution < -0.4 is 10.6 Å². The monoisotopic (exact) mass is 281 g/mol. The highest BCUT2D eigenvalue weighted by Crippen LogP contribution is 2.11. The van der Waals surface area contributed by atoms with Crippen molar-refractivity contribution < 1.29 is 19.6 Å². The quantitative estimate of drug-likeness (QED) is 0.535. The lowest BCUT2D eigenvalue weighted by molar-refractivity contribution is -0.384. The average Bonchev–Trinajstić information content (AvgIpc) is 2.42. The summed E-state index contributed by atoms with van der Waals surface area (Å²) in [7, 11) is 0. The number of non-ortho nitro benzene ring substituents is 1. The van der Waals surface area contributed by atoms with Crippen LogP contribution in [0.3, 0.4) is 0 Å². The Labute approximate surface area is 114 Å². The normalized spacial score (nSPS) is 11.4. The van der Waals surface area contributed by atoms with E-state index < -0.39 is 23.0 Å². The van der Waals surface area contributed by atoms with Crippen LogP contribution in [0.1, 0.15) is 18.9 Å². The number of nitrogens with zero attached hydrogens (tertiary/aromatic N) is 1. The topological polar surface area (TPSA) is 122 Å². The Morgan fingerprint density at radius 2 is 1.95 bits per heavy atom. The number of carbonyl (C=O) groups is 2. The molecule has 2 amide bonds. The average molecular weight is 281 g/mol. The molecule has 0 spiro atoms. The Morgan fingerprint density at radius 1 is 1.35 bits per heavy atom. The van der Waals surface area contributed by atoms with Crippen molar-refractivity contribution in [2.24, 2.45) is 0 Å². The fourth-order valence-corrected chi connectivity index (χ4v) is 1.47. The molecule has 1 rings (SSSR count). The fraction of sp³-hybridized carbons (Fsp3) is 0.333. The van der Waals surface area contributed by atoms with Crippen molar-refractivity contribution in [3.8, 4) is 0 Å². The summed E-state index contributed by atoms with van der Waals surface area (Å²) in [6, 6.07) is 4.17. The van der Waals surface area contributed by atoms with Crippen LogP contribution in [0.5, 0.6) is 0 Å². The smallest absolute Gasteiger partial charge is 0.326 e. The molecule has 1 atom stereocenters. The minimum atomic E-state index is -1.10. The third kappa shape index (κ3) is 4.56. The summed E-state index contributed by atoms with van der Waals surface area (Å²) in [4.78, 5) is 32.2. The number of hydrogen-bond acceptors (Lipinski definition) is 4. The Hall–Kier alpha value is -2.64. The van der Waals surface area contributed by atoms with Crippen molar-refractivity contribution in [1.29, 1.82) is 0 Å². The van der Waals surface area contributed by atoms with E-state index in [-0.39, 0.29) is 18.7 Å². The third-order valence-electron chi connectivity index (χ3n) is 2.61. The molecule has 0 heterocycles. The molecule has 0 aromatic heterocycles. The van der Waals surface area contributed by atoms with Crippen LogP contribution in [0.25, 0.3) is 0 Å². The Balaban J connectivity index is 2.48. The van der Waals surface area contributed by atoms with Gasteiger partial charge in [0.1, 0.15) is 6.04 Å². The summed E-state index contributed by atoms with van der Waals surface area (Å²) in [6.45, 7) is 1.80. The summed E-state index contributed by atoms with van der Waals surface area (Å²) in [5, 5.41) is 24.0. The van der Waals surface area contributed by atoms with Gasteiger partial charge in [-0.1, -0.05) is 19.1 Å². The molecule has 0 fully saturated rings. The first-order chi connectivity index (χ1) is 9.43. The molecule has 20 heavy (non-hydrogen) atoms. The van der Waals surface area contributed by atoms with Crippen LogP contribution in [0.15, 0.2) is 24.3 Å². The van der Waals surface area contributed by atoms with E-state index in [1.807, 2.05) is 0 Å². The Bertz CT molecular complexity index is 500. The van der Waals surface area contributed by atoms with Gasteiger partial charge in [-0.25, -0.2) is 9.59 Å². The fourth-order valence-electron chi connectivity index (χ4n) is 1.47. The second-order valence-electron chi connectivity index (χ2n) is 4.05. The van der Waals surface area contributed by atoms with Gasteiger partial charge >= 0.3 is 12.0 Å². The molecule has 0 aliphatic rings. The standard InChI is InChI=1S/C12H15N3O5/c1-2-10(11(16)17)14-12(18)13-7-8-3-5-9(6-4-8)15(19)20/h3-6,10H,2,7H2,1H3,(H,16,17)(H2,13,14,18)/t10-/m1/s1. The molecule has 108 valence electrons. The largest absolute Gasteiger partial charge is 0.480 e. The van der Waals surface area contributed by atoms with E-state index in [2.05, 4.69) is 10.6 Å². The molecule has 0 bridgehead atoms. The van der Waals surface area contributed by atoms with Crippen LogP contribution in [0.2, 0.25) is 0 Å². The second kappa shape index (κ2) is 7.07. The van der Waals surface area contributed by atoms with Crippen molar-refractivity contribution in [2.75, 3.05) is 0 Å². The van der Waals surface area contributed by atoms with Gasteiger partial charge in [-0.05, 0) is 12.0 Å². The summed E-state index contributed by atoms with van der Waals surface area (Å²) in [5.74, 6) is -1.10. The van der Waals surface area contributed by atoms with Crippen molar-refractivity contribution in [3.63, 3.8) is 0 Å². The van der Waals surface area contributed by atoms with Gasteiger partial charge in [0.15, 0.2) is 0 Å². The molecule has 0 radical (unpaired) electrons. The van der Waals surface area contributed by atoms with Gasteiger partial charge in [0.05, 0.1) is 4.92 Å². The van der Waals surface area contributed by atoms with Gasteiger partial charge in [0.25, 0.3) is 5.69 Å². The molecular formula is C12H15N3O5. The number of urea groups is 1. The van der Waals surface area contributed by atoms with Crippen molar-refractivity contribution in [3.05, 3.63) is 39.9 Å². The number of nitro benzene ring substituents is 1. The summed E-state index contributed by atoms with van der Waals surface area (Å²) in [5.41, 5.74) is 0.643. The maximum atomic E-state index is 11.5. The lowest BCUT2D eigenvalue weighted by Crippen LogP contribution is -2.45. The first kappa shape index (κ1) is 15.4. The molecule has 0 saturated carbocycles. The van der Waals surface area contributed by atoms with E-state index in [9.17, 15) is 19.7 Å². The SMILES string of the molecule is CC[C@@H](NC(=O)NCc1ccc([N+](=O)[O-])cc1)C(=O)O. The number of benzene rings is 1. The minimum absolute atomic E-state index is 0.0323. The minimum Gasteiger partial charge on any atom is -0.480 e. The number of rotatable bonds is 6.